The van der Waals surface area contributed by atoms with Gasteiger partial charge in [0.05, 0.1) is 52.6 Å². The van der Waals surface area contributed by atoms with E-state index in [-0.39, 0.29) is 57.3 Å². The minimum absolute atomic E-state index is 0.0580. The second-order valence-electron chi connectivity index (χ2n) is 21.4. The number of hydrogen-bond donors (Lipinski definition) is 2. The molecule has 80 heavy (non-hydrogen) atoms. The third-order valence-electron chi connectivity index (χ3n) is 11.9. The zero-order chi connectivity index (χ0) is 58.2. The van der Waals surface area contributed by atoms with Gasteiger partial charge in [-0.05, 0) is 117 Å². The number of aromatic nitrogens is 4. The van der Waals surface area contributed by atoms with E-state index in [1.807, 2.05) is 93.0 Å². The molecule has 0 spiro atoms. The number of benzene rings is 3. The molecule has 0 saturated carbocycles. The van der Waals surface area contributed by atoms with E-state index in [1.54, 1.807) is 77.9 Å². The van der Waals surface area contributed by atoms with E-state index >= 15 is 0 Å². The van der Waals surface area contributed by atoms with Crippen molar-refractivity contribution in [3.05, 3.63) is 108 Å². The van der Waals surface area contributed by atoms with Crippen molar-refractivity contribution in [2.75, 3.05) is 54.7 Å². The monoisotopic (exact) mass is 1120 g/mol. The molecule has 22 nitrogen and oxygen atoms in total. The summed E-state index contributed by atoms with van der Waals surface area (Å²) in [5.41, 5.74) is 0.324. The number of carbonyl (C=O) groups is 2. The molecular weight excluding hydrogens is 1050 g/mol. The van der Waals surface area contributed by atoms with Gasteiger partial charge in [0.15, 0.2) is 23.2 Å². The van der Waals surface area contributed by atoms with E-state index in [4.69, 9.17) is 52.2 Å². The van der Waals surface area contributed by atoms with Crippen LogP contribution < -0.4 is 20.1 Å². The number of fused-ring (bicyclic) bond motifs is 1. The lowest BCUT2D eigenvalue weighted by Gasteiger charge is -2.39. The normalized spacial score (nSPS) is 17.1. The van der Waals surface area contributed by atoms with E-state index < -0.39 is 62.1 Å². The summed E-state index contributed by atoms with van der Waals surface area (Å²) in [4.78, 5) is 50.8. The summed E-state index contributed by atoms with van der Waals surface area (Å²) in [7, 11) is 5.03. The Hall–Kier alpha value is -6.83. The number of hydrogen-bond acceptors (Lipinski definition) is 18. The fraction of sp³-hybridized carbons (Fsp3) is 0.509. The quantitative estimate of drug-likeness (QED) is 0.0192. The molecule has 2 aromatic heterocycles. The van der Waals surface area contributed by atoms with Crippen LogP contribution >= 0.6 is 8.53 Å². The average Bonchev–Trinajstić information content (AvgIpc) is 3.98. The summed E-state index contributed by atoms with van der Waals surface area (Å²) < 4.78 is 61.9. The number of aliphatic imine (C=N–C) groups is 2. The number of imidazole rings is 1. The van der Waals surface area contributed by atoms with Crippen LogP contribution in [-0.4, -0.2) is 150 Å². The average molecular weight is 1120 g/mol. The second kappa shape index (κ2) is 28.5. The summed E-state index contributed by atoms with van der Waals surface area (Å²) >= 11 is 0. The Morgan fingerprint density at radius 1 is 0.812 bits per heavy atom. The van der Waals surface area contributed by atoms with Crippen LogP contribution in [0.5, 0.6) is 11.5 Å². The zero-order valence-corrected chi connectivity index (χ0v) is 49.3. The minimum atomic E-state index is -1.92. The maximum Gasteiger partial charge on any atom is 0.414 e. The van der Waals surface area contributed by atoms with Gasteiger partial charge in [-0.3, -0.25) is 20.2 Å². The van der Waals surface area contributed by atoms with Gasteiger partial charge in [0.1, 0.15) is 52.9 Å². The topological polar surface area (TPSA) is 240 Å². The van der Waals surface area contributed by atoms with Gasteiger partial charge in [-0.15, -0.1) is 0 Å². The maximum atomic E-state index is 13.0. The standard InChI is InChI=1S/C57H78N11O11P/c1-38(2)68(39(3)4)80(75-33-18-30-58)79-47-45(34-74-57(40-20-16-15-17-21-40,41-22-26-43(71-13)27-23-41)42-24-28-44(72-14)29-25-42)76-51(67-37-62-46-49(63-36-66(11)12)60-35-61-50(46)67)48(47)73-32-19-31-59-52(64-53(69)77-55(5,6)7)65-54(70)78-56(8,9)10/h15-17,20-29,35-39,45,47-48,51H,18-19,31-34H2,1-14H3,(H2,59,64,65,69,70)/b63-36+/t45-,47-,48-,51-,80?/m1/s1. The molecule has 1 fully saturated rings. The second-order valence-corrected chi connectivity index (χ2v) is 22.8. The van der Waals surface area contributed by atoms with Crippen molar-refractivity contribution in [2.45, 2.75) is 136 Å². The van der Waals surface area contributed by atoms with Gasteiger partial charge in [-0.25, -0.2) is 34.2 Å². The van der Waals surface area contributed by atoms with Gasteiger partial charge < -0.3 is 47.1 Å². The van der Waals surface area contributed by atoms with Crippen LogP contribution in [0.25, 0.3) is 11.2 Å². The van der Waals surface area contributed by atoms with Gasteiger partial charge in [0, 0.05) is 39.3 Å². The number of guanidine groups is 1. The largest absolute Gasteiger partial charge is 0.497 e. The molecule has 6 rings (SSSR count). The molecule has 2 amide bonds. The zero-order valence-electron chi connectivity index (χ0n) is 48.4. The smallest absolute Gasteiger partial charge is 0.414 e. The number of carbonyl (C=O) groups excluding carboxylic acids is 2. The van der Waals surface area contributed by atoms with E-state index in [1.165, 1.54) is 6.33 Å². The van der Waals surface area contributed by atoms with E-state index in [9.17, 15) is 14.9 Å². The molecule has 1 aliphatic heterocycles. The Balaban J connectivity index is 1.49. The lowest BCUT2D eigenvalue weighted by atomic mass is 9.80. The van der Waals surface area contributed by atoms with Crippen LogP contribution in [0.4, 0.5) is 15.4 Å². The first-order valence-electron chi connectivity index (χ1n) is 26.5. The lowest BCUT2D eigenvalue weighted by Crippen LogP contribution is -2.47. The number of amides is 2. The number of ether oxygens (including phenoxy) is 7. The van der Waals surface area contributed by atoms with Crippen LogP contribution in [-0.2, 0) is 38.3 Å². The molecular formula is C57H78N11O11P. The first-order valence-corrected chi connectivity index (χ1v) is 27.6. The molecule has 3 aromatic carbocycles. The highest BCUT2D eigenvalue weighted by molar-refractivity contribution is 7.44. The molecule has 0 radical (unpaired) electrons. The lowest BCUT2D eigenvalue weighted by molar-refractivity contribution is -0.0954. The third kappa shape index (κ3) is 16.9. The van der Waals surface area contributed by atoms with Gasteiger partial charge >= 0.3 is 12.2 Å². The van der Waals surface area contributed by atoms with E-state index in [2.05, 4.69) is 64.0 Å². The van der Waals surface area contributed by atoms with Crippen molar-refractivity contribution in [1.82, 2.24) is 39.7 Å². The van der Waals surface area contributed by atoms with Crippen LogP contribution in [0, 0.1) is 11.3 Å². The summed E-state index contributed by atoms with van der Waals surface area (Å²) in [5, 5.41) is 14.8. The van der Waals surface area contributed by atoms with Crippen LogP contribution in [0.15, 0.2) is 102 Å². The van der Waals surface area contributed by atoms with Crippen LogP contribution in [0.1, 0.15) is 105 Å². The summed E-state index contributed by atoms with van der Waals surface area (Å²) in [6.07, 6.45) is -0.357. The number of alkyl carbamates (subject to hydrolysis) is 2. The highest BCUT2D eigenvalue weighted by atomic mass is 31.2. The molecule has 1 unspecified atom stereocenters. The van der Waals surface area contributed by atoms with Crippen LogP contribution in [0.3, 0.4) is 0 Å². The Morgan fingerprint density at radius 2 is 1.39 bits per heavy atom. The van der Waals surface area contributed by atoms with Crippen molar-refractivity contribution in [1.29, 1.82) is 5.26 Å². The van der Waals surface area contributed by atoms with Crippen LogP contribution in [0.2, 0.25) is 0 Å². The van der Waals surface area contributed by atoms with Crippen molar-refractivity contribution in [3.8, 4) is 17.6 Å². The molecule has 2 N–H and O–H groups in total. The van der Waals surface area contributed by atoms with Crippen molar-refractivity contribution in [2.24, 2.45) is 9.98 Å². The molecule has 5 aromatic rings. The highest BCUT2D eigenvalue weighted by Gasteiger charge is 2.52. The molecule has 1 aliphatic rings. The third-order valence-corrected chi connectivity index (χ3v) is 14.1. The fourth-order valence-electron chi connectivity index (χ4n) is 8.73. The molecule has 3 heterocycles. The Morgan fingerprint density at radius 3 is 1.91 bits per heavy atom. The number of methoxy groups -OCH3 is 2. The first kappa shape index (κ1) is 62.4. The van der Waals surface area contributed by atoms with Crippen molar-refractivity contribution >= 4 is 50.0 Å². The number of rotatable bonds is 24. The summed E-state index contributed by atoms with van der Waals surface area (Å²) in [5.74, 6) is 1.49. The Bertz CT molecular complexity index is 2780. The maximum absolute atomic E-state index is 13.0. The summed E-state index contributed by atoms with van der Waals surface area (Å²) in [6.45, 7) is 18.7. The SMILES string of the molecule is COc1ccc(C(OC[C@H]2O[C@@H](n3cnc4c(/N=C/N(C)C)ncnc43)[C@H](OCCCN=C(NC(=O)OC(C)(C)C)NC(=O)OC(C)(C)C)[C@@H]2OP(OCCC#N)N(C(C)C)C(C)C)(c2ccccc2)c2ccc(OC)cc2)cc1. The summed E-state index contributed by atoms with van der Waals surface area (Å²) in [6, 6.07) is 27.5. The first-order chi connectivity index (χ1) is 38.1. The van der Waals surface area contributed by atoms with Gasteiger partial charge in [0.2, 0.25) is 5.96 Å². The molecule has 0 bridgehead atoms. The van der Waals surface area contributed by atoms with E-state index in [0.29, 0.717) is 28.5 Å². The van der Waals surface area contributed by atoms with Gasteiger partial charge in [0.25, 0.3) is 8.53 Å². The Labute approximate surface area is 471 Å². The molecule has 0 aliphatic carbocycles. The van der Waals surface area contributed by atoms with Crippen molar-refractivity contribution in [3.63, 3.8) is 0 Å². The number of nitrogens with one attached hydrogen (secondary N) is 2. The van der Waals surface area contributed by atoms with Gasteiger partial charge in [-0.1, -0.05) is 54.6 Å². The fourth-order valence-corrected chi connectivity index (χ4v) is 10.5. The highest BCUT2D eigenvalue weighted by Crippen LogP contribution is 2.52. The van der Waals surface area contributed by atoms with E-state index in [0.717, 1.165) is 16.7 Å². The molecule has 432 valence electrons. The number of nitriles is 1. The molecule has 5 atom stereocenters. The number of nitrogens with zero attached hydrogens (tertiary/aromatic N) is 9. The van der Waals surface area contributed by atoms with Crippen molar-refractivity contribution < 1.29 is 51.8 Å². The predicted molar refractivity (Wildman–Crippen MR) is 305 cm³/mol. The minimum Gasteiger partial charge on any atom is -0.497 e. The Kier molecular flexibility index (Phi) is 22.3. The van der Waals surface area contributed by atoms with Gasteiger partial charge in [-0.2, -0.15) is 5.26 Å². The predicted octanol–water partition coefficient (Wildman–Crippen LogP) is 9.81. The molecule has 23 heteroatoms. The molecule has 1 saturated heterocycles.